The van der Waals surface area contributed by atoms with Crippen molar-refractivity contribution >= 4 is 28.6 Å². The molecule has 10 heavy (non-hydrogen) atoms. The fourth-order valence-corrected chi connectivity index (χ4v) is 1.86. The topological polar surface area (TPSA) is 0 Å². The third kappa shape index (κ3) is 2.03. The van der Waals surface area contributed by atoms with Crippen LogP contribution < -0.4 is 0 Å². The first-order chi connectivity index (χ1) is 4.72. The summed E-state index contributed by atoms with van der Waals surface area (Å²) >= 11 is 7.65. The van der Waals surface area contributed by atoms with E-state index in [9.17, 15) is 0 Å². The molecule has 1 aromatic carbocycles. The van der Waals surface area contributed by atoms with E-state index in [1.807, 2.05) is 6.07 Å². The van der Waals surface area contributed by atoms with Gasteiger partial charge in [0.2, 0.25) is 0 Å². The molecule has 54 valence electrons. The van der Waals surface area contributed by atoms with Crippen LogP contribution in [0, 0.1) is 0 Å². The second-order valence-electron chi connectivity index (χ2n) is 2.17. The summed E-state index contributed by atoms with van der Waals surface area (Å²) in [4.78, 5) is 1.02. The van der Waals surface area contributed by atoms with Gasteiger partial charge in [0, 0.05) is 9.37 Å². The van der Waals surface area contributed by atoms with Gasteiger partial charge < -0.3 is 0 Å². The number of halogens is 1. The molecule has 1 rings (SSSR count). The van der Waals surface area contributed by atoms with Gasteiger partial charge in [0.1, 0.15) is 0 Å². The molecule has 2 heteroatoms. The smallest absolute Gasteiger partial charge is 0.0189 e. The van der Waals surface area contributed by atoms with Crippen LogP contribution in [0.1, 0.15) is 12.5 Å². The molecule has 0 bridgehead atoms. The maximum atomic E-state index is 4.25. The lowest BCUT2D eigenvalue weighted by Crippen LogP contribution is -1.79. The second kappa shape index (κ2) is 3.44. The van der Waals surface area contributed by atoms with Crippen LogP contribution in [0.4, 0.5) is 0 Å². The molecule has 0 heterocycles. The number of hydrogen-bond donors (Lipinski definition) is 1. The van der Waals surface area contributed by atoms with Crippen molar-refractivity contribution in [2.24, 2.45) is 0 Å². The first-order valence-electron chi connectivity index (χ1n) is 3.21. The van der Waals surface area contributed by atoms with E-state index in [0.29, 0.717) is 0 Å². The lowest BCUT2D eigenvalue weighted by molar-refractivity contribution is 1.12. The molecule has 0 saturated heterocycles. The first kappa shape index (κ1) is 8.15. The summed E-state index contributed by atoms with van der Waals surface area (Å²) in [7, 11) is 0. The standard InChI is InChI=1S/C8H9BrS/c1-2-6-3-7(9)5-8(10)4-6/h3-5,10H,2H2,1H3. The molecule has 0 spiro atoms. The van der Waals surface area contributed by atoms with Gasteiger partial charge in [-0.25, -0.2) is 0 Å². The minimum atomic E-state index is 1.02. The zero-order valence-corrected chi connectivity index (χ0v) is 8.24. The van der Waals surface area contributed by atoms with Crippen molar-refractivity contribution in [3.8, 4) is 0 Å². The summed E-state index contributed by atoms with van der Waals surface area (Å²) < 4.78 is 1.11. The summed E-state index contributed by atoms with van der Waals surface area (Å²) in [6.07, 6.45) is 1.06. The summed E-state index contributed by atoms with van der Waals surface area (Å²) in [6.45, 7) is 2.13. The van der Waals surface area contributed by atoms with Gasteiger partial charge in [0.25, 0.3) is 0 Å². The normalized spacial score (nSPS) is 9.90. The number of aryl methyl sites for hydroxylation is 1. The van der Waals surface area contributed by atoms with Crippen molar-refractivity contribution in [2.75, 3.05) is 0 Å². The van der Waals surface area contributed by atoms with Crippen LogP contribution in [0.25, 0.3) is 0 Å². The molecule has 0 aromatic heterocycles. The second-order valence-corrected chi connectivity index (χ2v) is 3.60. The lowest BCUT2D eigenvalue weighted by Gasteiger charge is -1.98. The maximum absolute atomic E-state index is 4.25. The molecule has 0 aliphatic carbocycles. The van der Waals surface area contributed by atoms with Crippen LogP contribution in [0.2, 0.25) is 0 Å². The molecule has 0 fully saturated rings. The summed E-state index contributed by atoms with van der Waals surface area (Å²) in [5.74, 6) is 0. The highest BCUT2D eigenvalue weighted by Gasteiger charge is 1.92. The van der Waals surface area contributed by atoms with Crippen molar-refractivity contribution in [1.29, 1.82) is 0 Å². The zero-order valence-electron chi connectivity index (χ0n) is 5.76. The van der Waals surface area contributed by atoms with E-state index < -0.39 is 0 Å². The van der Waals surface area contributed by atoms with E-state index in [1.165, 1.54) is 5.56 Å². The predicted molar refractivity (Wildman–Crippen MR) is 50.8 cm³/mol. The largest absolute Gasteiger partial charge is 0.143 e. The minimum absolute atomic E-state index is 1.02. The highest BCUT2D eigenvalue weighted by molar-refractivity contribution is 9.10. The molecule has 1 aromatic rings. The number of benzene rings is 1. The fraction of sp³-hybridized carbons (Fsp3) is 0.250. The zero-order chi connectivity index (χ0) is 7.56. The third-order valence-corrected chi connectivity index (χ3v) is 2.07. The Hall–Kier alpha value is 0.0500. The van der Waals surface area contributed by atoms with Crippen molar-refractivity contribution in [3.63, 3.8) is 0 Å². The molecular formula is C8H9BrS. The van der Waals surface area contributed by atoms with Crippen LogP contribution in [-0.2, 0) is 6.42 Å². The molecule has 0 N–H and O–H groups in total. The lowest BCUT2D eigenvalue weighted by atomic mass is 10.2. The van der Waals surface area contributed by atoms with Crippen molar-refractivity contribution in [2.45, 2.75) is 18.2 Å². The van der Waals surface area contributed by atoms with Gasteiger partial charge in [0.05, 0.1) is 0 Å². The Bertz CT molecular complexity index is 212. The highest BCUT2D eigenvalue weighted by atomic mass is 79.9. The van der Waals surface area contributed by atoms with Gasteiger partial charge in [-0.15, -0.1) is 12.6 Å². The Balaban J connectivity index is 3.06. The van der Waals surface area contributed by atoms with Gasteiger partial charge >= 0.3 is 0 Å². The minimum Gasteiger partial charge on any atom is -0.143 e. The van der Waals surface area contributed by atoms with Crippen molar-refractivity contribution < 1.29 is 0 Å². The van der Waals surface area contributed by atoms with Gasteiger partial charge in [-0.1, -0.05) is 22.9 Å². The van der Waals surface area contributed by atoms with E-state index in [4.69, 9.17) is 0 Å². The molecule has 0 radical (unpaired) electrons. The van der Waals surface area contributed by atoms with Gasteiger partial charge in [-0.2, -0.15) is 0 Å². The Kier molecular flexibility index (Phi) is 2.81. The van der Waals surface area contributed by atoms with E-state index >= 15 is 0 Å². The highest BCUT2D eigenvalue weighted by Crippen LogP contribution is 2.18. The molecular weight excluding hydrogens is 208 g/mol. The van der Waals surface area contributed by atoms with E-state index in [2.05, 4.69) is 47.6 Å². The molecule has 0 aliphatic heterocycles. The summed E-state index contributed by atoms with van der Waals surface area (Å²) in [5, 5.41) is 0. The molecule has 0 unspecified atom stereocenters. The monoisotopic (exact) mass is 216 g/mol. The van der Waals surface area contributed by atoms with Crippen LogP contribution in [-0.4, -0.2) is 0 Å². The van der Waals surface area contributed by atoms with Crippen LogP contribution in [0.3, 0.4) is 0 Å². The van der Waals surface area contributed by atoms with Crippen LogP contribution in [0.15, 0.2) is 27.6 Å². The quantitative estimate of drug-likeness (QED) is 0.685. The number of hydrogen-bond acceptors (Lipinski definition) is 1. The van der Waals surface area contributed by atoms with Crippen LogP contribution in [0.5, 0.6) is 0 Å². The van der Waals surface area contributed by atoms with E-state index in [0.717, 1.165) is 15.8 Å². The summed E-state index contributed by atoms with van der Waals surface area (Å²) in [5.41, 5.74) is 1.32. The third-order valence-electron chi connectivity index (χ3n) is 1.35. The molecule has 0 nitrogen and oxygen atoms in total. The average Bonchev–Trinajstić information content (AvgIpc) is 1.85. The predicted octanol–water partition coefficient (Wildman–Crippen LogP) is 3.30. The van der Waals surface area contributed by atoms with Gasteiger partial charge in [-0.3, -0.25) is 0 Å². The maximum Gasteiger partial charge on any atom is 0.0189 e. The van der Waals surface area contributed by atoms with E-state index in [-0.39, 0.29) is 0 Å². The van der Waals surface area contributed by atoms with Crippen molar-refractivity contribution in [3.05, 3.63) is 28.2 Å². The molecule has 0 amide bonds. The Morgan fingerprint density at radius 1 is 1.40 bits per heavy atom. The number of rotatable bonds is 1. The molecule has 0 saturated carbocycles. The molecule has 0 atom stereocenters. The number of thiol groups is 1. The summed E-state index contributed by atoms with van der Waals surface area (Å²) in [6, 6.07) is 6.18. The fourth-order valence-electron chi connectivity index (χ4n) is 0.837. The van der Waals surface area contributed by atoms with Gasteiger partial charge in [0.15, 0.2) is 0 Å². The van der Waals surface area contributed by atoms with Crippen molar-refractivity contribution in [1.82, 2.24) is 0 Å². The van der Waals surface area contributed by atoms with E-state index in [1.54, 1.807) is 0 Å². The Morgan fingerprint density at radius 3 is 2.60 bits per heavy atom. The first-order valence-corrected chi connectivity index (χ1v) is 4.45. The molecule has 0 aliphatic rings. The Labute approximate surface area is 75.2 Å². The van der Waals surface area contributed by atoms with Crippen LogP contribution >= 0.6 is 28.6 Å². The average molecular weight is 217 g/mol. The SMILES string of the molecule is CCc1cc(S)cc(Br)c1. The van der Waals surface area contributed by atoms with Gasteiger partial charge in [-0.05, 0) is 30.2 Å². The Morgan fingerprint density at radius 2 is 2.10 bits per heavy atom.